The first-order valence-corrected chi connectivity index (χ1v) is 9.82. The smallest absolute Gasteiger partial charge is 0.257 e. The number of nitrogens with zero attached hydrogens (tertiary/aromatic N) is 1. The van der Waals surface area contributed by atoms with Crippen molar-refractivity contribution in [1.29, 1.82) is 0 Å². The van der Waals surface area contributed by atoms with E-state index in [9.17, 15) is 4.79 Å². The molecule has 1 amide bonds. The van der Waals surface area contributed by atoms with Crippen LogP contribution in [0.1, 0.15) is 15.9 Å². The number of ether oxygens (including phenoxy) is 1. The topological polar surface area (TPSA) is 63.2 Å². The lowest BCUT2D eigenvalue weighted by Gasteiger charge is -2.12. The Balaban J connectivity index is 1.36. The predicted octanol–water partition coefficient (Wildman–Crippen LogP) is 4.94. The van der Waals surface area contributed by atoms with Gasteiger partial charge in [-0.2, -0.15) is 0 Å². The minimum Gasteiger partial charge on any atom is -0.489 e. The lowest BCUT2D eigenvalue weighted by atomic mass is 10.1. The van der Waals surface area contributed by atoms with Gasteiger partial charge in [-0.05, 0) is 54.2 Å². The maximum atomic E-state index is 12.5. The first kappa shape index (κ1) is 19.5. The second-order valence-electron chi connectivity index (χ2n) is 6.62. The van der Waals surface area contributed by atoms with Gasteiger partial charge in [-0.3, -0.25) is 15.1 Å². The van der Waals surface area contributed by atoms with Crippen molar-refractivity contribution in [2.45, 2.75) is 6.61 Å². The Labute approximate surface area is 179 Å². The quantitative estimate of drug-likeness (QED) is 0.454. The number of rotatable bonds is 5. The molecule has 0 aliphatic carbocycles. The molecular formula is C24H19N3O2S. The number of hydrogen-bond donors (Lipinski definition) is 2. The number of hydrogen-bond acceptors (Lipinski definition) is 4. The molecule has 6 heteroatoms. The van der Waals surface area contributed by atoms with Gasteiger partial charge in [0.2, 0.25) is 0 Å². The van der Waals surface area contributed by atoms with Crippen molar-refractivity contribution in [3.63, 3.8) is 0 Å². The molecule has 4 aromatic rings. The molecular weight excluding hydrogens is 394 g/mol. The van der Waals surface area contributed by atoms with Crippen molar-refractivity contribution in [3.05, 3.63) is 102 Å². The average Bonchev–Trinajstić information content (AvgIpc) is 2.78. The molecule has 0 spiro atoms. The van der Waals surface area contributed by atoms with E-state index >= 15 is 0 Å². The highest BCUT2D eigenvalue weighted by Crippen LogP contribution is 2.19. The maximum Gasteiger partial charge on any atom is 0.257 e. The molecule has 5 nitrogen and oxygen atoms in total. The summed E-state index contributed by atoms with van der Waals surface area (Å²) in [4.78, 5) is 16.8. The third-order valence-electron chi connectivity index (χ3n) is 4.43. The highest BCUT2D eigenvalue weighted by Gasteiger charge is 2.09. The molecule has 0 aliphatic rings. The van der Waals surface area contributed by atoms with Crippen LogP contribution in [0.15, 0.2) is 91.1 Å². The van der Waals surface area contributed by atoms with Gasteiger partial charge in [-0.1, -0.05) is 42.5 Å². The molecule has 0 fully saturated rings. The maximum absolute atomic E-state index is 12.5. The van der Waals surface area contributed by atoms with Crippen molar-refractivity contribution in [3.8, 4) is 5.75 Å². The van der Waals surface area contributed by atoms with E-state index in [2.05, 4.69) is 15.6 Å². The van der Waals surface area contributed by atoms with E-state index in [-0.39, 0.29) is 11.0 Å². The van der Waals surface area contributed by atoms with Crippen LogP contribution in [0.4, 0.5) is 5.69 Å². The standard InChI is InChI=1S/C24H19N3O2S/c28-23(19-11-12-22-18(14-19)8-5-13-25-22)27-24(30)26-20-9-4-10-21(15-20)29-16-17-6-2-1-3-7-17/h1-15H,16H2,(H2,26,27,28,30). The first-order chi connectivity index (χ1) is 14.7. The summed E-state index contributed by atoms with van der Waals surface area (Å²) in [7, 11) is 0. The zero-order valence-corrected chi connectivity index (χ0v) is 16.9. The normalized spacial score (nSPS) is 10.4. The molecule has 4 rings (SSSR count). The monoisotopic (exact) mass is 413 g/mol. The van der Waals surface area contributed by atoms with Crippen LogP contribution in [-0.4, -0.2) is 16.0 Å². The van der Waals surface area contributed by atoms with E-state index in [1.807, 2.05) is 72.8 Å². The van der Waals surface area contributed by atoms with Gasteiger partial charge < -0.3 is 10.1 Å². The van der Waals surface area contributed by atoms with Crippen molar-refractivity contribution in [2.75, 3.05) is 5.32 Å². The number of pyridine rings is 1. The van der Waals surface area contributed by atoms with Crippen LogP contribution < -0.4 is 15.4 Å². The van der Waals surface area contributed by atoms with Gasteiger partial charge in [0.15, 0.2) is 5.11 Å². The Kier molecular flexibility index (Phi) is 5.96. The summed E-state index contributed by atoms with van der Waals surface area (Å²) in [5.41, 5.74) is 3.17. The Morgan fingerprint density at radius 2 is 1.80 bits per heavy atom. The summed E-state index contributed by atoms with van der Waals surface area (Å²) >= 11 is 5.30. The van der Waals surface area contributed by atoms with E-state index in [0.29, 0.717) is 17.9 Å². The zero-order chi connectivity index (χ0) is 20.8. The van der Waals surface area contributed by atoms with E-state index in [1.165, 1.54) is 0 Å². The Morgan fingerprint density at radius 3 is 2.67 bits per heavy atom. The molecule has 148 valence electrons. The number of benzene rings is 3. The van der Waals surface area contributed by atoms with Gasteiger partial charge in [0, 0.05) is 28.9 Å². The lowest BCUT2D eigenvalue weighted by molar-refractivity contribution is 0.0978. The van der Waals surface area contributed by atoms with Crippen LogP contribution in [0.25, 0.3) is 10.9 Å². The number of carbonyl (C=O) groups is 1. The number of thiocarbonyl (C=S) groups is 1. The van der Waals surface area contributed by atoms with Crippen LogP contribution in [-0.2, 0) is 6.61 Å². The SMILES string of the molecule is O=C(NC(=S)Nc1cccc(OCc2ccccc2)c1)c1ccc2ncccc2c1. The summed E-state index contributed by atoms with van der Waals surface area (Å²) < 4.78 is 5.83. The molecule has 0 atom stereocenters. The number of aromatic nitrogens is 1. The number of carbonyl (C=O) groups excluding carboxylic acids is 1. The van der Waals surface area contributed by atoms with Crippen LogP contribution in [0, 0.1) is 0 Å². The summed E-state index contributed by atoms with van der Waals surface area (Å²) in [5.74, 6) is 0.426. The Hall–Kier alpha value is -3.77. The fourth-order valence-corrected chi connectivity index (χ4v) is 3.17. The minimum atomic E-state index is -0.283. The summed E-state index contributed by atoms with van der Waals surface area (Å²) in [6, 6.07) is 26.5. The number of amides is 1. The van der Waals surface area contributed by atoms with E-state index in [1.54, 1.807) is 18.3 Å². The minimum absolute atomic E-state index is 0.214. The van der Waals surface area contributed by atoms with Gasteiger partial charge in [0.25, 0.3) is 5.91 Å². The molecule has 0 bridgehead atoms. The predicted molar refractivity (Wildman–Crippen MR) is 123 cm³/mol. The molecule has 2 N–H and O–H groups in total. The number of fused-ring (bicyclic) bond motifs is 1. The number of anilines is 1. The molecule has 1 heterocycles. The largest absolute Gasteiger partial charge is 0.489 e. The zero-order valence-electron chi connectivity index (χ0n) is 16.0. The van der Waals surface area contributed by atoms with Crippen molar-refractivity contribution in [2.24, 2.45) is 0 Å². The summed E-state index contributed by atoms with van der Waals surface area (Å²) in [6.07, 6.45) is 1.72. The van der Waals surface area contributed by atoms with Gasteiger partial charge in [0.05, 0.1) is 5.52 Å². The van der Waals surface area contributed by atoms with Gasteiger partial charge in [-0.25, -0.2) is 0 Å². The molecule has 3 aromatic carbocycles. The second-order valence-corrected chi connectivity index (χ2v) is 7.03. The van der Waals surface area contributed by atoms with Crippen LogP contribution in [0.3, 0.4) is 0 Å². The Morgan fingerprint density at radius 1 is 0.933 bits per heavy atom. The first-order valence-electron chi connectivity index (χ1n) is 9.41. The van der Waals surface area contributed by atoms with E-state index in [0.717, 1.165) is 22.2 Å². The molecule has 0 saturated heterocycles. The highest BCUT2D eigenvalue weighted by molar-refractivity contribution is 7.80. The number of nitrogens with one attached hydrogen (secondary N) is 2. The van der Waals surface area contributed by atoms with Crippen molar-refractivity contribution in [1.82, 2.24) is 10.3 Å². The second kappa shape index (κ2) is 9.15. The third kappa shape index (κ3) is 4.98. The van der Waals surface area contributed by atoms with Gasteiger partial charge in [-0.15, -0.1) is 0 Å². The van der Waals surface area contributed by atoms with Crippen molar-refractivity contribution >= 4 is 39.8 Å². The van der Waals surface area contributed by atoms with Crippen LogP contribution in [0.2, 0.25) is 0 Å². The fourth-order valence-electron chi connectivity index (χ4n) is 2.96. The van der Waals surface area contributed by atoms with Crippen LogP contribution in [0.5, 0.6) is 5.75 Å². The van der Waals surface area contributed by atoms with Gasteiger partial charge in [0.1, 0.15) is 12.4 Å². The fraction of sp³-hybridized carbons (Fsp3) is 0.0417. The molecule has 1 aromatic heterocycles. The van der Waals surface area contributed by atoms with Crippen molar-refractivity contribution < 1.29 is 9.53 Å². The molecule has 0 unspecified atom stereocenters. The summed E-state index contributed by atoms with van der Waals surface area (Å²) in [5, 5.41) is 6.84. The average molecular weight is 414 g/mol. The molecule has 30 heavy (non-hydrogen) atoms. The molecule has 0 aliphatic heterocycles. The molecule has 0 radical (unpaired) electrons. The lowest BCUT2D eigenvalue weighted by Crippen LogP contribution is -2.34. The van der Waals surface area contributed by atoms with Gasteiger partial charge >= 0.3 is 0 Å². The van der Waals surface area contributed by atoms with Crippen LogP contribution >= 0.6 is 12.2 Å². The third-order valence-corrected chi connectivity index (χ3v) is 4.64. The Bertz CT molecular complexity index is 1200. The van der Waals surface area contributed by atoms with E-state index in [4.69, 9.17) is 17.0 Å². The highest BCUT2D eigenvalue weighted by atomic mass is 32.1. The van der Waals surface area contributed by atoms with E-state index < -0.39 is 0 Å². The molecule has 0 saturated carbocycles. The summed E-state index contributed by atoms with van der Waals surface area (Å²) in [6.45, 7) is 0.475.